The Morgan fingerprint density at radius 2 is 2.00 bits per heavy atom. The molecule has 0 radical (unpaired) electrons. The molecule has 0 saturated carbocycles. The number of carboxylic acid groups (broad SMARTS) is 1. The summed E-state index contributed by atoms with van der Waals surface area (Å²) in [4.78, 5) is 13.4. The molecule has 0 aromatic heterocycles. The average molecular weight is 313 g/mol. The summed E-state index contributed by atoms with van der Waals surface area (Å²) in [5, 5.41) is 11.6. The lowest BCUT2D eigenvalue weighted by Crippen LogP contribution is -2.25. The third-order valence-corrected chi connectivity index (χ3v) is 4.61. The van der Waals surface area contributed by atoms with E-state index in [4.69, 9.17) is 9.84 Å². The van der Waals surface area contributed by atoms with E-state index in [1.807, 2.05) is 25.1 Å². The van der Waals surface area contributed by atoms with E-state index >= 15 is 0 Å². The molecule has 0 aliphatic carbocycles. The minimum absolute atomic E-state index is 0.226. The van der Waals surface area contributed by atoms with Gasteiger partial charge in [-0.3, -0.25) is 4.79 Å². The van der Waals surface area contributed by atoms with Crippen molar-refractivity contribution in [2.45, 2.75) is 13.3 Å². The predicted octanol–water partition coefficient (Wildman–Crippen LogP) is 3.26. The average Bonchev–Trinajstić information content (AvgIpc) is 2.92. The number of fused-ring (bicyclic) bond motifs is 1. The van der Waals surface area contributed by atoms with Crippen molar-refractivity contribution in [3.8, 4) is 5.75 Å². The van der Waals surface area contributed by atoms with E-state index in [9.17, 15) is 4.79 Å². The lowest BCUT2D eigenvalue weighted by molar-refractivity contribution is -0.142. The summed E-state index contributed by atoms with van der Waals surface area (Å²) in [6, 6.07) is 14.4. The number of hydrogen-bond acceptors (Lipinski definition) is 3. The number of carboxylic acids is 1. The minimum atomic E-state index is -0.674. The van der Waals surface area contributed by atoms with Gasteiger partial charge in [0.15, 0.2) is 0 Å². The van der Waals surface area contributed by atoms with Crippen LogP contribution in [0.15, 0.2) is 42.5 Å². The highest BCUT2D eigenvalue weighted by molar-refractivity contribution is 5.83. The van der Waals surface area contributed by atoms with Crippen molar-refractivity contribution in [2.24, 2.45) is 11.8 Å². The van der Waals surface area contributed by atoms with Crippen LogP contribution in [0.2, 0.25) is 0 Å². The molecule has 0 unspecified atom stereocenters. The second-order valence-corrected chi connectivity index (χ2v) is 6.39. The molecule has 2 atom stereocenters. The second kappa shape index (κ2) is 7.01. The molecule has 23 heavy (non-hydrogen) atoms. The van der Waals surface area contributed by atoms with Crippen molar-refractivity contribution < 1.29 is 14.6 Å². The van der Waals surface area contributed by atoms with Crippen LogP contribution in [0.4, 0.5) is 0 Å². The maximum atomic E-state index is 11.1. The first-order valence-corrected chi connectivity index (χ1v) is 8.20. The summed E-state index contributed by atoms with van der Waals surface area (Å²) in [5.74, 6) is 0.222. The monoisotopic (exact) mass is 313 g/mol. The number of likely N-dealkylation sites (tertiary alicyclic amines) is 1. The minimum Gasteiger partial charge on any atom is -0.494 e. The van der Waals surface area contributed by atoms with Gasteiger partial charge in [0.1, 0.15) is 5.75 Å². The fraction of sp³-hybridized carbons (Fsp3) is 0.421. The number of benzene rings is 2. The van der Waals surface area contributed by atoms with Gasteiger partial charge in [0.05, 0.1) is 12.5 Å². The van der Waals surface area contributed by atoms with Crippen molar-refractivity contribution in [1.29, 1.82) is 0 Å². The fourth-order valence-electron chi connectivity index (χ4n) is 3.31. The van der Waals surface area contributed by atoms with Gasteiger partial charge in [-0.2, -0.15) is 0 Å². The predicted molar refractivity (Wildman–Crippen MR) is 90.8 cm³/mol. The van der Waals surface area contributed by atoms with Crippen molar-refractivity contribution in [1.82, 2.24) is 4.90 Å². The summed E-state index contributed by atoms with van der Waals surface area (Å²) in [6.07, 6.45) is 0.909. The summed E-state index contributed by atoms with van der Waals surface area (Å²) in [7, 11) is 0. The van der Waals surface area contributed by atoms with E-state index in [2.05, 4.69) is 29.2 Å². The van der Waals surface area contributed by atoms with Gasteiger partial charge >= 0.3 is 5.97 Å². The molecule has 4 heteroatoms. The lowest BCUT2D eigenvalue weighted by Gasteiger charge is -2.15. The van der Waals surface area contributed by atoms with E-state index in [-0.39, 0.29) is 11.8 Å². The van der Waals surface area contributed by atoms with Crippen molar-refractivity contribution in [3.05, 3.63) is 42.5 Å². The largest absolute Gasteiger partial charge is 0.494 e. The van der Waals surface area contributed by atoms with Gasteiger partial charge in [-0.15, -0.1) is 0 Å². The first-order valence-electron chi connectivity index (χ1n) is 8.20. The molecular weight excluding hydrogens is 290 g/mol. The highest BCUT2D eigenvalue weighted by Gasteiger charge is 2.34. The van der Waals surface area contributed by atoms with Crippen LogP contribution in [-0.2, 0) is 4.79 Å². The Morgan fingerprint density at radius 1 is 1.22 bits per heavy atom. The first-order chi connectivity index (χ1) is 11.1. The van der Waals surface area contributed by atoms with E-state index in [1.165, 1.54) is 10.8 Å². The standard InChI is InChI=1S/C19H23NO3/c1-14-12-20(13-18(14)19(21)22)9-4-10-23-17-8-7-15-5-2-3-6-16(15)11-17/h2-3,5-8,11,14,18H,4,9-10,12-13H2,1H3,(H,21,22)/t14-,18-/m1/s1. The highest BCUT2D eigenvalue weighted by atomic mass is 16.5. The van der Waals surface area contributed by atoms with Gasteiger partial charge in [0, 0.05) is 19.6 Å². The molecule has 1 aliphatic rings. The third kappa shape index (κ3) is 3.82. The Hall–Kier alpha value is -2.07. The van der Waals surface area contributed by atoms with Gasteiger partial charge in [-0.25, -0.2) is 0 Å². The Labute approximate surface area is 136 Å². The lowest BCUT2D eigenvalue weighted by atomic mass is 9.99. The van der Waals surface area contributed by atoms with Gasteiger partial charge in [0.25, 0.3) is 0 Å². The molecule has 1 saturated heterocycles. The second-order valence-electron chi connectivity index (χ2n) is 6.39. The molecule has 3 rings (SSSR count). The van der Waals surface area contributed by atoms with Crippen LogP contribution in [0.3, 0.4) is 0 Å². The summed E-state index contributed by atoms with van der Waals surface area (Å²) in [6.45, 7) is 5.09. The smallest absolute Gasteiger partial charge is 0.308 e. The van der Waals surface area contributed by atoms with Crippen LogP contribution in [0.5, 0.6) is 5.75 Å². The molecule has 4 nitrogen and oxygen atoms in total. The zero-order valence-corrected chi connectivity index (χ0v) is 13.4. The van der Waals surface area contributed by atoms with E-state index < -0.39 is 5.97 Å². The molecule has 2 aromatic rings. The molecular formula is C19H23NO3. The Balaban J connectivity index is 1.45. The number of ether oxygens (including phenoxy) is 1. The number of rotatable bonds is 6. The van der Waals surface area contributed by atoms with Crippen LogP contribution in [-0.4, -0.2) is 42.2 Å². The third-order valence-electron chi connectivity index (χ3n) is 4.61. The fourth-order valence-corrected chi connectivity index (χ4v) is 3.31. The van der Waals surface area contributed by atoms with E-state index in [0.717, 1.165) is 25.3 Å². The zero-order chi connectivity index (χ0) is 16.2. The van der Waals surface area contributed by atoms with Crippen LogP contribution in [0, 0.1) is 11.8 Å². The topological polar surface area (TPSA) is 49.8 Å². The zero-order valence-electron chi connectivity index (χ0n) is 13.4. The number of hydrogen-bond donors (Lipinski definition) is 1. The van der Waals surface area contributed by atoms with Gasteiger partial charge in [0.2, 0.25) is 0 Å². The van der Waals surface area contributed by atoms with Crippen molar-refractivity contribution in [3.63, 3.8) is 0 Å². The van der Waals surface area contributed by atoms with Gasteiger partial charge < -0.3 is 14.7 Å². The SMILES string of the molecule is C[C@@H]1CN(CCCOc2ccc3ccccc3c2)C[C@H]1C(=O)O. The molecule has 0 bridgehead atoms. The quantitative estimate of drug-likeness (QED) is 0.832. The van der Waals surface area contributed by atoms with Crippen LogP contribution in [0.25, 0.3) is 10.8 Å². The highest BCUT2D eigenvalue weighted by Crippen LogP contribution is 2.23. The molecule has 122 valence electrons. The van der Waals surface area contributed by atoms with E-state index in [1.54, 1.807) is 0 Å². The molecule has 1 N–H and O–H groups in total. The van der Waals surface area contributed by atoms with E-state index in [0.29, 0.717) is 13.2 Å². The molecule has 2 aromatic carbocycles. The van der Waals surface area contributed by atoms with Crippen molar-refractivity contribution in [2.75, 3.05) is 26.2 Å². The Kier molecular flexibility index (Phi) is 4.82. The Bertz CT molecular complexity index is 685. The number of carbonyl (C=O) groups is 1. The Morgan fingerprint density at radius 3 is 2.74 bits per heavy atom. The van der Waals surface area contributed by atoms with Crippen molar-refractivity contribution >= 4 is 16.7 Å². The molecule has 1 fully saturated rings. The van der Waals surface area contributed by atoms with Crippen LogP contribution < -0.4 is 4.74 Å². The molecule has 1 heterocycles. The normalized spacial score (nSPS) is 21.6. The summed E-state index contributed by atoms with van der Waals surface area (Å²) in [5.41, 5.74) is 0. The van der Waals surface area contributed by atoms with Gasteiger partial charge in [-0.1, -0.05) is 37.3 Å². The first kappa shape index (κ1) is 15.8. The molecule has 0 amide bonds. The van der Waals surface area contributed by atoms with Gasteiger partial charge in [-0.05, 0) is 35.2 Å². The maximum Gasteiger partial charge on any atom is 0.308 e. The van der Waals surface area contributed by atoms with Crippen LogP contribution in [0.1, 0.15) is 13.3 Å². The number of aliphatic carboxylic acids is 1. The number of nitrogens with zero attached hydrogens (tertiary/aromatic N) is 1. The summed E-state index contributed by atoms with van der Waals surface area (Å²) >= 11 is 0. The maximum absolute atomic E-state index is 11.1. The molecule has 0 spiro atoms. The van der Waals surface area contributed by atoms with Crippen LogP contribution >= 0.6 is 0 Å². The summed E-state index contributed by atoms with van der Waals surface area (Å²) < 4.78 is 5.83. The molecule has 1 aliphatic heterocycles.